The second kappa shape index (κ2) is 4.57. The van der Waals surface area contributed by atoms with Gasteiger partial charge in [-0.15, -0.1) is 0 Å². The molecule has 1 heterocycles. The zero-order valence-electron chi connectivity index (χ0n) is 10.3. The van der Waals surface area contributed by atoms with E-state index in [1.165, 1.54) is 7.11 Å². The number of ether oxygens (including phenoxy) is 1. The molecule has 0 atom stereocenters. The van der Waals surface area contributed by atoms with E-state index in [0.717, 1.165) is 9.37 Å². The van der Waals surface area contributed by atoms with Crippen molar-refractivity contribution in [3.63, 3.8) is 0 Å². The van der Waals surface area contributed by atoms with E-state index in [4.69, 9.17) is 4.74 Å². The second-order valence-electron chi connectivity index (χ2n) is 4.01. The van der Waals surface area contributed by atoms with E-state index in [1.807, 2.05) is 0 Å². The molecule has 1 aromatic rings. The van der Waals surface area contributed by atoms with Crippen LogP contribution in [-0.2, 0) is 9.59 Å². The van der Waals surface area contributed by atoms with Crippen molar-refractivity contribution in [1.29, 1.82) is 0 Å². The molecule has 0 bridgehead atoms. The molecule has 1 aromatic carbocycles. The summed E-state index contributed by atoms with van der Waals surface area (Å²) in [5, 5.41) is 0. The zero-order chi connectivity index (χ0) is 13.4. The Bertz CT molecular complexity index is 554. The number of rotatable bonds is 2. The molecule has 0 aromatic heterocycles. The van der Waals surface area contributed by atoms with Crippen LogP contribution in [0.2, 0.25) is 0 Å². The van der Waals surface area contributed by atoms with Crippen molar-refractivity contribution in [2.75, 3.05) is 12.0 Å². The predicted molar refractivity (Wildman–Crippen MR) is 71.6 cm³/mol. The first-order valence-corrected chi connectivity index (χ1v) is 6.16. The normalized spacial score (nSPS) is 15.7. The molecule has 2 rings (SSSR count). The molecule has 1 aliphatic heterocycles. The van der Waals surface area contributed by atoms with Gasteiger partial charge in [-0.1, -0.05) is 15.9 Å². The number of methoxy groups -OCH3 is 1. The van der Waals surface area contributed by atoms with Gasteiger partial charge in [0.1, 0.15) is 5.75 Å². The first-order valence-electron chi connectivity index (χ1n) is 5.37. The lowest BCUT2D eigenvalue weighted by Gasteiger charge is -2.18. The van der Waals surface area contributed by atoms with Crippen LogP contribution in [0.15, 0.2) is 33.8 Å². The van der Waals surface area contributed by atoms with Crippen molar-refractivity contribution >= 4 is 33.4 Å². The molecular weight excluding hydrogens is 298 g/mol. The van der Waals surface area contributed by atoms with Gasteiger partial charge in [0.05, 0.1) is 12.8 Å². The average Bonchev–Trinajstić information content (AvgIpc) is 2.54. The third-order valence-electron chi connectivity index (χ3n) is 2.99. The van der Waals surface area contributed by atoms with E-state index >= 15 is 0 Å². The minimum absolute atomic E-state index is 0.297. The SMILES string of the molecule is COc1ccc(Br)cc1N1C(=O)C(C)=C(C)C1=O. The zero-order valence-corrected chi connectivity index (χ0v) is 11.9. The smallest absolute Gasteiger partial charge is 0.261 e. The van der Waals surface area contributed by atoms with Crippen LogP contribution in [0.4, 0.5) is 5.69 Å². The number of imide groups is 1. The van der Waals surface area contributed by atoms with Gasteiger partial charge in [-0.2, -0.15) is 0 Å². The molecule has 5 heteroatoms. The van der Waals surface area contributed by atoms with Gasteiger partial charge in [0.15, 0.2) is 0 Å². The molecule has 0 unspecified atom stereocenters. The molecule has 18 heavy (non-hydrogen) atoms. The van der Waals surface area contributed by atoms with Crippen LogP contribution in [0.5, 0.6) is 5.75 Å². The van der Waals surface area contributed by atoms with E-state index in [0.29, 0.717) is 22.6 Å². The Labute approximate surface area is 113 Å². The molecule has 4 nitrogen and oxygen atoms in total. The lowest BCUT2D eigenvalue weighted by Crippen LogP contribution is -2.31. The molecule has 94 valence electrons. The predicted octanol–water partition coefficient (Wildman–Crippen LogP) is 2.67. The van der Waals surface area contributed by atoms with Crippen molar-refractivity contribution < 1.29 is 14.3 Å². The van der Waals surface area contributed by atoms with Crippen molar-refractivity contribution in [2.45, 2.75) is 13.8 Å². The molecule has 0 aliphatic carbocycles. The third kappa shape index (κ3) is 1.84. The minimum Gasteiger partial charge on any atom is -0.495 e. The van der Waals surface area contributed by atoms with Crippen LogP contribution in [0.25, 0.3) is 0 Å². The summed E-state index contributed by atoms with van der Waals surface area (Å²) in [7, 11) is 1.50. The molecule has 0 saturated carbocycles. The standard InChI is InChI=1S/C13H12BrNO3/c1-7-8(2)13(17)15(12(7)16)10-6-9(14)4-5-11(10)18-3/h4-6H,1-3H3. The quantitative estimate of drug-likeness (QED) is 0.789. The van der Waals surface area contributed by atoms with Gasteiger partial charge in [0.25, 0.3) is 11.8 Å². The van der Waals surface area contributed by atoms with Gasteiger partial charge in [-0.25, -0.2) is 4.90 Å². The highest BCUT2D eigenvalue weighted by Gasteiger charge is 2.36. The van der Waals surface area contributed by atoms with Gasteiger partial charge >= 0.3 is 0 Å². The largest absolute Gasteiger partial charge is 0.495 e. The van der Waals surface area contributed by atoms with Gasteiger partial charge < -0.3 is 4.74 Å². The molecule has 0 N–H and O–H groups in total. The van der Waals surface area contributed by atoms with Crippen molar-refractivity contribution in [1.82, 2.24) is 0 Å². The number of hydrogen-bond donors (Lipinski definition) is 0. The third-order valence-corrected chi connectivity index (χ3v) is 3.49. The molecule has 0 radical (unpaired) electrons. The number of benzene rings is 1. The Morgan fingerprint density at radius 3 is 2.17 bits per heavy atom. The molecular formula is C13H12BrNO3. The number of carbonyl (C=O) groups excluding carboxylic acids is 2. The molecule has 2 amide bonds. The first-order chi connectivity index (χ1) is 8.47. The topological polar surface area (TPSA) is 46.6 Å². The van der Waals surface area contributed by atoms with E-state index < -0.39 is 0 Å². The lowest BCUT2D eigenvalue weighted by atomic mass is 10.2. The first kappa shape index (κ1) is 12.8. The molecule has 0 fully saturated rings. The summed E-state index contributed by atoms with van der Waals surface area (Å²) in [4.78, 5) is 25.3. The summed E-state index contributed by atoms with van der Waals surface area (Å²) in [6.45, 7) is 3.31. The molecule has 0 spiro atoms. The summed E-state index contributed by atoms with van der Waals surface area (Å²) in [5.74, 6) is -0.106. The van der Waals surface area contributed by atoms with E-state index in [1.54, 1.807) is 32.0 Å². The summed E-state index contributed by atoms with van der Waals surface area (Å²) < 4.78 is 5.97. The Kier molecular flexibility index (Phi) is 3.26. The fourth-order valence-corrected chi connectivity index (χ4v) is 2.15. The van der Waals surface area contributed by atoms with Gasteiger partial charge in [0.2, 0.25) is 0 Å². The van der Waals surface area contributed by atoms with E-state index in [2.05, 4.69) is 15.9 Å². The fraction of sp³-hybridized carbons (Fsp3) is 0.231. The maximum absolute atomic E-state index is 12.1. The van der Waals surface area contributed by atoms with Gasteiger partial charge in [-0.3, -0.25) is 9.59 Å². The monoisotopic (exact) mass is 309 g/mol. The van der Waals surface area contributed by atoms with Crippen LogP contribution >= 0.6 is 15.9 Å². The maximum Gasteiger partial charge on any atom is 0.261 e. The van der Waals surface area contributed by atoms with Crippen LogP contribution in [0, 0.1) is 0 Å². The molecule has 1 aliphatic rings. The number of anilines is 1. The van der Waals surface area contributed by atoms with Crippen molar-refractivity contribution in [2.24, 2.45) is 0 Å². The summed E-state index contributed by atoms with van der Waals surface area (Å²) in [5.41, 5.74) is 1.40. The fourth-order valence-electron chi connectivity index (χ4n) is 1.81. The van der Waals surface area contributed by atoms with Crippen LogP contribution in [-0.4, -0.2) is 18.9 Å². The maximum atomic E-state index is 12.1. The Hall–Kier alpha value is -1.62. The van der Waals surface area contributed by atoms with Crippen molar-refractivity contribution in [3.05, 3.63) is 33.8 Å². The molecule has 0 saturated heterocycles. The second-order valence-corrected chi connectivity index (χ2v) is 4.93. The number of halogens is 1. The summed E-state index contributed by atoms with van der Waals surface area (Å²) in [6.07, 6.45) is 0. The van der Waals surface area contributed by atoms with E-state index in [9.17, 15) is 9.59 Å². The van der Waals surface area contributed by atoms with Crippen LogP contribution in [0.1, 0.15) is 13.8 Å². The summed E-state index contributed by atoms with van der Waals surface area (Å²) in [6, 6.07) is 5.20. The minimum atomic E-state index is -0.297. The van der Waals surface area contributed by atoms with Crippen LogP contribution < -0.4 is 9.64 Å². The van der Waals surface area contributed by atoms with Gasteiger partial charge in [-0.05, 0) is 32.0 Å². The van der Waals surface area contributed by atoms with Crippen molar-refractivity contribution in [3.8, 4) is 5.75 Å². The highest BCUT2D eigenvalue weighted by molar-refractivity contribution is 9.10. The average molecular weight is 310 g/mol. The van der Waals surface area contributed by atoms with E-state index in [-0.39, 0.29) is 11.8 Å². The summed E-state index contributed by atoms with van der Waals surface area (Å²) >= 11 is 3.32. The highest BCUT2D eigenvalue weighted by Crippen LogP contribution is 2.35. The number of carbonyl (C=O) groups is 2. The Morgan fingerprint density at radius 1 is 1.11 bits per heavy atom. The Balaban J connectivity index is 2.55. The number of hydrogen-bond acceptors (Lipinski definition) is 3. The Morgan fingerprint density at radius 2 is 1.67 bits per heavy atom. The lowest BCUT2D eigenvalue weighted by molar-refractivity contribution is -0.120. The highest BCUT2D eigenvalue weighted by atomic mass is 79.9. The number of amides is 2. The van der Waals surface area contributed by atoms with Gasteiger partial charge in [0, 0.05) is 15.6 Å². The number of nitrogens with zero attached hydrogens (tertiary/aromatic N) is 1. The van der Waals surface area contributed by atoms with Crippen LogP contribution in [0.3, 0.4) is 0 Å².